The molecule has 0 saturated carbocycles. The van der Waals surface area contributed by atoms with Crippen LogP contribution in [0.25, 0.3) is 0 Å². The highest BCUT2D eigenvalue weighted by atomic mass is 32.1. The van der Waals surface area contributed by atoms with E-state index in [-0.39, 0.29) is 23.9 Å². The number of hydrogen-bond donors (Lipinski definition) is 3. The third-order valence-corrected chi connectivity index (χ3v) is 5.49. The van der Waals surface area contributed by atoms with Gasteiger partial charge in [-0.1, -0.05) is 30.3 Å². The maximum Gasteiger partial charge on any atom is 0.319 e. The second-order valence-corrected chi connectivity index (χ2v) is 8.44. The minimum absolute atomic E-state index is 0.0482. The lowest BCUT2D eigenvalue weighted by molar-refractivity contribution is 0.0951. The van der Waals surface area contributed by atoms with Gasteiger partial charge in [-0.05, 0) is 55.1 Å². The Morgan fingerprint density at radius 2 is 1.69 bits per heavy atom. The van der Waals surface area contributed by atoms with Crippen LogP contribution < -0.4 is 20.9 Å². The molecule has 0 aliphatic carbocycles. The molecule has 0 atom stereocenters. The molecule has 1 aromatic heterocycles. The van der Waals surface area contributed by atoms with Crippen LogP contribution in [0.15, 0.2) is 66.0 Å². The van der Waals surface area contributed by atoms with E-state index in [1.807, 2.05) is 37.4 Å². The number of rotatable bonds is 7. The zero-order chi connectivity index (χ0) is 23.1. The zero-order valence-corrected chi connectivity index (χ0v) is 19.0. The molecule has 2 aromatic carbocycles. The van der Waals surface area contributed by atoms with Crippen LogP contribution >= 0.6 is 11.3 Å². The van der Waals surface area contributed by atoms with Crippen molar-refractivity contribution >= 4 is 40.6 Å². The molecule has 3 aromatic rings. The van der Waals surface area contributed by atoms with Crippen LogP contribution in [-0.2, 0) is 6.54 Å². The molecule has 8 heteroatoms. The van der Waals surface area contributed by atoms with Crippen molar-refractivity contribution in [2.24, 2.45) is 0 Å². The van der Waals surface area contributed by atoms with Gasteiger partial charge in [-0.3, -0.25) is 9.59 Å². The lowest BCUT2D eigenvalue weighted by Crippen LogP contribution is -2.34. The van der Waals surface area contributed by atoms with Crippen LogP contribution in [-0.4, -0.2) is 30.9 Å². The topological polar surface area (TPSA) is 90.5 Å². The fraction of sp³-hybridized carbons (Fsp3) is 0.208. The summed E-state index contributed by atoms with van der Waals surface area (Å²) in [6.45, 7) is 4.09. The molecule has 4 amide bonds. The van der Waals surface area contributed by atoms with Crippen molar-refractivity contribution in [1.82, 2.24) is 10.6 Å². The first-order valence-corrected chi connectivity index (χ1v) is 11.1. The number of nitrogens with one attached hydrogen (secondary N) is 3. The van der Waals surface area contributed by atoms with Crippen LogP contribution in [0, 0.1) is 0 Å². The van der Waals surface area contributed by atoms with Crippen molar-refractivity contribution in [2.75, 3.05) is 17.3 Å². The molecule has 0 unspecified atom stereocenters. The van der Waals surface area contributed by atoms with Gasteiger partial charge in [0.1, 0.15) is 0 Å². The fourth-order valence-electron chi connectivity index (χ4n) is 3.05. The molecule has 0 fully saturated rings. The lowest BCUT2D eigenvalue weighted by Gasteiger charge is -2.20. The highest BCUT2D eigenvalue weighted by Crippen LogP contribution is 2.23. The summed E-state index contributed by atoms with van der Waals surface area (Å²) in [5.74, 6) is -0.435. The van der Waals surface area contributed by atoms with E-state index >= 15 is 0 Å². The minimum atomic E-state index is -0.273. The highest BCUT2D eigenvalue weighted by molar-refractivity contribution is 7.12. The summed E-state index contributed by atoms with van der Waals surface area (Å²) in [7, 11) is 1.66. The summed E-state index contributed by atoms with van der Waals surface area (Å²) < 4.78 is 0. The molecule has 3 N–H and O–H groups in total. The van der Waals surface area contributed by atoms with E-state index in [1.165, 1.54) is 16.2 Å². The number of para-hydroxylation sites is 1. The first-order valence-electron chi connectivity index (χ1n) is 10.2. The van der Waals surface area contributed by atoms with Crippen molar-refractivity contribution in [3.05, 3.63) is 82.0 Å². The number of hydrogen-bond acceptors (Lipinski definition) is 4. The van der Waals surface area contributed by atoms with Crippen LogP contribution in [0.5, 0.6) is 0 Å². The Balaban J connectivity index is 1.63. The maximum absolute atomic E-state index is 12.9. The van der Waals surface area contributed by atoms with Crippen molar-refractivity contribution in [1.29, 1.82) is 0 Å². The Bertz CT molecular complexity index is 1080. The van der Waals surface area contributed by atoms with Crippen molar-refractivity contribution in [3.63, 3.8) is 0 Å². The Hall–Kier alpha value is -3.65. The van der Waals surface area contributed by atoms with E-state index in [0.717, 1.165) is 5.56 Å². The smallest absolute Gasteiger partial charge is 0.319 e. The highest BCUT2D eigenvalue weighted by Gasteiger charge is 2.20. The van der Waals surface area contributed by atoms with Gasteiger partial charge >= 0.3 is 6.03 Å². The third-order valence-electron chi connectivity index (χ3n) is 4.63. The van der Waals surface area contributed by atoms with Crippen LogP contribution in [0.4, 0.5) is 16.2 Å². The van der Waals surface area contributed by atoms with Gasteiger partial charge in [0.25, 0.3) is 11.8 Å². The monoisotopic (exact) mass is 450 g/mol. The molecule has 0 aliphatic heterocycles. The number of thiophene rings is 1. The fourth-order valence-corrected chi connectivity index (χ4v) is 3.74. The second-order valence-electron chi connectivity index (χ2n) is 7.49. The number of carbonyl (C=O) groups is 3. The largest absolute Gasteiger partial charge is 0.348 e. The molecule has 32 heavy (non-hydrogen) atoms. The molecule has 166 valence electrons. The summed E-state index contributed by atoms with van der Waals surface area (Å²) in [4.78, 5) is 39.4. The molecule has 0 radical (unpaired) electrons. The summed E-state index contributed by atoms with van der Waals surface area (Å²) in [5.41, 5.74) is 2.51. The predicted octanol–water partition coefficient (Wildman–Crippen LogP) is 4.48. The quantitative estimate of drug-likeness (QED) is 0.496. The van der Waals surface area contributed by atoms with Crippen LogP contribution in [0.2, 0.25) is 0 Å². The van der Waals surface area contributed by atoms with Gasteiger partial charge in [-0.2, -0.15) is 0 Å². The van der Waals surface area contributed by atoms with E-state index in [2.05, 4.69) is 16.0 Å². The molecular formula is C24H26N4O3S. The van der Waals surface area contributed by atoms with Gasteiger partial charge in [-0.15, -0.1) is 11.3 Å². The van der Waals surface area contributed by atoms with E-state index in [0.29, 0.717) is 28.4 Å². The average Bonchev–Trinajstić information content (AvgIpc) is 3.32. The minimum Gasteiger partial charge on any atom is -0.348 e. The maximum atomic E-state index is 12.9. The third kappa shape index (κ3) is 5.95. The number of nitrogens with zero attached hydrogens (tertiary/aromatic N) is 1. The summed E-state index contributed by atoms with van der Waals surface area (Å²) in [6, 6.07) is 17.6. The summed E-state index contributed by atoms with van der Waals surface area (Å²) in [5, 5.41) is 10.3. The van der Waals surface area contributed by atoms with E-state index in [1.54, 1.807) is 49.5 Å². The van der Waals surface area contributed by atoms with Gasteiger partial charge in [0.15, 0.2) is 0 Å². The molecule has 0 bridgehead atoms. The van der Waals surface area contributed by atoms with E-state index in [4.69, 9.17) is 0 Å². The number of urea groups is 1. The molecular weight excluding hydrogens is 424 g/mol. The normalized spacial score (nSPS) is 10.5. The van der Waals surface area contributed by atoms with Gasteiger partial charge < -0.3 is 20.9 Å². The molecule has 0 saturated heterocycles. The number of anilines is 2. The Morgan fingerprint density at radius 3 is 2.34 bits per heavy atom. The first kappa shape index (κ1) is 23.0. The molecule has 0 spiro atoms. The predicted molar refractivity (Wildman–Crippen MR) is 128 cm³/mol. The Kier molecular flexibility index (Phi) is 7.62. The van der Waals surface area contributed by atoms with Crippen molar-refractivity contribution in [2.45, 2.75) is 26.4 Å². The lowest BCUT2D eigenvalue weighted by atomic mass is 10.1. The number of amides is 4. The summed E-state index contributed by atoms with van der Waals surface area (Å²) >= 11 is 1.36. The number of carbonyl (C=O) groups excluding carboxylic acids is 3. The Labute approximate surface area is 191 Å². The zero-order valence-electron chi connectivity index (χ0n) is 18.2. The summed E-state index contributed by atoms with van der Waals surface area (Å²) in [6.07, 6.45) is 0. The average molecular weight is 451 g/mol. The van der Waals surface area contributed by atoms with Gasteiger partial charge in [0.2, 0.25) is 0 Å². The van der Waals surface area contributed by atoms with Crippen molar-refractivity contribution < 1.29 is 14.4 Å². The molecule has 1 heterocycles. The van der Waals surface area contributed by atoms with Crippen molar-refractivity contribution in [3.8, 4) is 0 Å². The van der Waals surface area contributed by atoms with Gasteiger partial charge in [-0.25, -0.2) is 4.79 Å². The first-order chi connectivity index (χ1) is 15.3. The van der Waals surface area contributed by atoms with E-state index < -0.39 is 0 Å². The van der Waals surface area contributed by atoms with E-state index in [9.17, 15) is 14.4 Å². The van der Waals surface area contributed by atoms with Gasteiger partial charge in [0.05, 0.1) is 16.1 Å². The van der Waals surface area contributed by atoms with Crippen LogP contribution in [0.1, 0.15) is 39.4 Å². The second kappa shape index (κ2) is 10.6. The molecule has 7 nitrogen and oxygen atoms in total. The Morgan fingerprint density at radius 1 is 0.969 bits per heavy atom. The van der Waals surface area contributed by atoms with Gasteiger partial charge in [0, 0.05) is 25.3 Å². The van der Waals surface area contributed by atoms with Crippen LogP contribution in [0.3, 0.4) is 0 Å². The number of benzene rings is 2. The molecule has 3 rings (SSSR count). The standard InChI is InChI=1S/C24H26N4O3S/c1-16(2)26-24(31)27-18-12-10-17(11-13-18)15-25-22(29)19-7-4-5-8-20(19)28(3)23(30)21-9-6-14-32-21/h4-14,16H,15H2,1-3H3,(H,25,29)(H2,26,27,31). The molecule has 0 aliphatic rings. The SMILES string of the molecule is CC(C)NC(=O)Nc1ccc(CNC(=O)c2ccccc2N(C)C(=O)c2cccs2)cc1.